The van der Waals surface area contributed by atoms with Crippen LogP contribution in [0.25, 0.3) is 10.8 Å². The second-order valence-corrected chi connectivity index (χ2v) is 6.66. The number of hydrogen-bond acceptors (Lipinski definition) is 1. The summed E-state index contributed by atoms with van der Waals surface area (Å²) in [7, 11) is 0. The van der Waals surface area contributed by atoms with Gasteiger partial charge in [-0.25, -0.2) is 0 Å². The molecule has 0 aliphatic carbocycles. The van der Waals surface area contributed by atoms with Gasteiger partial charge < -0.3 is 0 Å². The van der Waals surface area contributed by atoms with Gasteiger partial charge in [0.1, 0.15) is 0 Å². The number of aryl methyl sites for hydroxylation is 1. The average molecular weight is 307 g/mol. The number of benzene rings is 2. The lowest BCUT2D eigenvalue weighted by Gasteiger charge is -2.11. The number of hydrogen-bond donors (Lipinski definition) is 0. The van der Waals surface area contributed by atoms with Crippen LogP contribution in [0.15, 0.2) is 48.5 Å². The van der Waals surface area contributed by atoms with Gasteiger partial charge in [-0.05, 0) is 34.9 Å². The van der Waals surface area contributed by atoms with E-state index in [1.54, 1.807) is 11.3 Å². The van der Waals surface area contributed by atoms with Crippen LogP contribution < -0.4 is 0 Å². The Hall–Kier alpha value is -1.02. The Labute approximate surface area is 126 Å². The van der Waals surface area contributed by atoms with Crippen molar-refractivity contribution in [1.29, 1.82) is 0 Å². The van der Waals surface area contributed by atoms with E-state index in [1.807, 2.05) is 19.1 Å². The minimum Gasteiger partial charge on any atom is -0.126 e. The third-order valence-electron chi connectivity index (χ3n) is 3.22. The van der Waals surface area contributed by atoms with Gasteiger partial charge in [0.15, 0.2) is 0 Å². The van der Waals surface area contributed by atoms with Crippen molar-refractivity contribution in [1.82, 2.24) is 0 Å². The molecule has 0 aliphatic rings. The fourth-order valence-electron chi connectivity index (χ4n) is 2.23. The number of fused-ring (bicyclic) bond motifs is 1. The third kappa shape index (κ3) is 2.38. The predicted octanol–water partition coefficient (Wildman–Crippen LogP) is 6.19. The number of alkyl halides is 1. The first-order valence-electron chi connectivity index (χ1n) is 6.04. The van der Waals surface area contributed by atoms with Crippen LogP contribution in [0.3, 0.4) is 0 Å². The van der Waals surface area contributed by atoms with Crippen LogP contribution >= 0.6 is 34.5 Å². The molecule has 0 saturated carbocycles. The van der Waals surface area contributed by atoms with Gasteiger partial charge in [0, 0.05) is 4.88 Å². The van der Waals surface area contributed by atoms with E-state index < -0.39 is 0 Å². The molecule has 1 aromatic heterocycles. The molecule has 2 aromatic carbocycles. The minimum atomic E-state index is -0.151. The highest BCUT2D eigenvalue weighted by Crippen LogP contribution is 2.39. The molecule has 1 atom stereocenters. The van der Waals surface area contributed by atoms with Crippen molar-refractivity contribution in [2.75, 3.05) is 0 Å². The van der Waals surface area contributed by atoms with Crippen molar-refractivity contribution >= 4 is 45.3 Å². The monoisotopic (exact) mass is 306 g/mol. The molecule has 0 saturated heterocycles. The summed E-state index contributed by atoms with van der Waals surface area (Å²) in [6.07, 6.45) is 0. The van der Waals surface area contributed by atoms with Gasteiger partial charge >= 0.3 is 0 Å². The summed E-state index contributed by atoms with van der Waals surface area (Å²) in [4.78, 5) is 1.10. The molecule has 3 heteroatoms. The van der Waals surface area contributed by atoms with Crippen molar-refractivity contribution in [2.24, 2.45) is 0 Å². The molecule has 19 heavy (non-hydrogen) atoms. The van der Waals surface area contributed by atoms with E-state index in [2.05, 4.69) is 36.4 Å². The lowest BCUT2D eigenvalue weighted by atomic mass is 10.0. The van der Waals surface area contributed by atoms with Gasteiger partial charge in [0.2, 0.25) is 0 Å². The van der Waals surface area contributed by atoms with E-state index in [4.69, 9.17) is 23.2 Å². The maximum atomic E-state index is 6.65. The Morgan fingerprint density at radius 3 is 2.53 bits per heavy atom. The van der Waals surface area contributed by atoms with Gasteiger partial charge in [-0.15, -0.1) is 22.9 Å². The first-order chi connectivity index (χ1) is 9.16. The van der Waals surface area contributed by atoms with E-state index in [1.165, 1.54) is 10.8 Å². The van der Waals surface area contributed by atoms with E-state index >= 15 is 0 Å². The molecule has 96 valence electrons. The van der Waals surface area contributed by atoms with Crippen LogP contribution in [0.4, 0.5) is 0 Å². The summed E-state index contributed by atoms with van der Waals surface area (Å²) < 4.78 is 0.820. The van der Waals surface area contributed by atoms with Gasteiger partial charge in [-0.2, -0.15) is 0 Å². The molecule has 0 aliphatic heterocycles. The maximum Gasteiger partial charge on any atom is 0.0960 e. The van der Waals surface area contributed by atoms with Crippen molar-refractivity contribution < 1.29 is 0 Å². The van der Waals surface area contributed by atoms with Crippen molar-refractivity contribution in [3.8, 4) is 0 Å². The van der Waals surface area contributed by atoms with E-state index in [0.717, 1.165) is 20.3 Å². The second kappa shape index (κ2) is 5.16. The number of thiophene rings is 1. The molecule has 0 amide bonds. The molecule has 0 radical (unpaired) electrons. The van der Waals surface area contributed by atoms with Gasteiger partial charge in [0.05, 0.1) is 9.71 Å². The Morgan fingerprint density at radius 2 is 1.79 bits per heavy atom. The zero-order chi connectivity index (χ0) is 13.4. The zero-order valence-electron chi connectivity index (χ0n) is 10.4. The summed E-state index contributed by atoms with van der Waals surface area (Å²) in [6.45, 7) is 2.01. The van der Waals surface area contributed by atoms with Crippen LogP contribution in [0.2, 0.25) is 4.34 Å². The average Bonchev–Trinajstić information content (AvgIpc) is 2.77. The third-order valence-corrected chi connectivity index (χ3v) is 5.44. The van der Waals surface area contributed by atoms with Crippen LogP contribution in [0.5, 0.6) is 0 Å². The Kier molecular flexibility index (Phi) is 3.53. The molecular weight excluding hydrogens is 295 g/mol. The SMILES string of the molecule is Cc1cc(C(Cl)c2cccc3ccccc23)sc1Cl. The molecule has 0 spiro atoms. The molecule has 1 heterocycles. The maximum absolute atomic E-state index is 6.65. The molecular formula is C16H12Cl2S. The molecule has 0 bridgehead atoms. The lowest BCUT2D eigenvalue weighted by Crippen LogP contribution is -1.91. The largest absolute Gasteiger partial charge is 0.126 e. The highest BCUT2D eigenvalue weighted by Gasteiger charge is 2.16. The standard InChI is InChI=1S/C16H12Cl2S/c1-10-9-14(19-16(10)18)15(17)13-8-4-6-11-5-2-3-7-12(11)13/h2-9,15H,1H3. The Bertz CT molecular complexity index is 706. The van der Waals surface area contributed by atoms with E-state index in [9.17, 15) is 0 Å². The highest BCUT2D eigenvalue weighted by atomic mass is 35.5. The smallest absolute Gasteiger partial charge is 0.0960 e. The summed E-state index contributed by atoms with van der Waals surface area (Å²) in [5.74, 6) is 0. The normalized spacial score (nSPS) is 12.8. The zero-order valence-corrected chi connectivity index (χ0v) is 12.7. The number of rotatable bonds is 2. The first-order valence-corrected chi connectivity index (χ1v) is 7.67. The fraction of sp³-hybridized carbons (Fsp3) is 0.125. The fourth-order valence-corrected chi connectivity index (χ4v) is 3.83. The minimum absolute atomic E-state index is 0.151. The highest BCUT2D eigenvalue weighted by molar-refractivity contribution is 7.16. The summed E-state index contributed by atoms with van der Waals surface area (Å²) in [5.41, 5.74) is 2.23. The quantitative estimate of drug-likeness (QED) is 0.495. The summed E-state index contributed by atoms with van der Waals surface area (Å²) in [5, 5.41) is 2.26. The molecule has 0 N–H and O–H groups in total. The van der Waals surface area contributed by atoms with Crippen molar-refractivity contribution in [3.05, 3.63) is 68.9 Å². The number of halogens is 2. The van der Waals surface area contributed by atoms with Crippen molar-refractivity contribution in [2.45, 2.75) is 12.3 Å². The molecule has 1 unspecified atom stereocenters. The van der Waals surface area contributed by atoms with Crippen LogP contribution in [-0.4, -0.2) is 0 Å². The Morgan fingerprint density at radius 1 is 1.05 bits per heavy atom. The molecule has 3 aromatic rings. The van der Waals surface area contributed by atoms with Gasteiger partial charge in [-0.3, -0.25) is 0 Å². The molecule has 0 fully saturated rings. The Balaban J connectivity index is 2.13. The van der Waals surface area contributed by atoms with Crippen LogP contribution in [0.1, 0.15) is 21.4 Å². The van der Waals surface area contributed by atoms with Crippen molar-refractivity contribution in [3.63, 3.8) is 0 Å². The van der Waals surface area contributed by atoms with Gasteiger partial charge in [-0.1, -0.05) is 54.1 Å². The molecule has 0 nitrogen and oxygen atoms in total. The van der Waals surface area contributed by atoms with E-state index in [0.29, 0.717) is 0 Å². The van der Waals surface area contributed by atoms with E-state index in [-0.39, 0.29) is 5.38 Å². The first kappa shape index (κ1) is 13.0. The predicted molar refractivity (Wildman–Crippen MR) is 85.7 cm³/mol. The second-order valence-electron chi connectivity index (χ2n) is 4.54. The lowest BCUT2D eigenvalue weighted by molar-refractivity contribution is 1.20. The summed E-state index contributed by atoms with van der Waals surface area (Å²) in [6, 6.07) is 16.6. The van der Waals surface area contributed by atoms with Crippen LogP contribution in [-0.2, 0) is 0 Å². The summed E-state index contributed by atoms with van der Waals surface area (Å²) >= 11 is 14.3. The molecule has 3 rings (SSSR count). The topological polar surface area (TPSA) is 0 Å². The van der Waals surface area contributed by atoms with Crippen LogP contribution in [0, 0.1) is 6.92 Å². The van der Waals surface area contributed by atoms with Gasteiger partial charge in [0.25, 0.3) is 0 Å².